The van der Waals surface area contributed by atoms with Gasteiger partial charge in [-0.05, 0) is 65.5 Å². The highest BCUT2D eigenvalue weighted by Gasteiger charge is 2.08. The molecule has 0 bridgehead atoms. The Morgan fingerprint density at radius 1 is 1.04 bits per heavy atom. The fourth-order valence-electron chi connectivity index (χ4n) is 2.00. The van der Waals surface area contributed by atoms with Crippen LogP contribution in [0.3, 0.4) is 0 Å². The van der Waals surface area contributed by atoms with E-state index in [1.807, 2.05) is 5.38 Å². The van der Waals surface area contributed by atoms with Crippen molar-refractivity contribution in [3.63, 3.8) is 0 Å². The molecular formula is C19H13BrN2O3S. The number of nitrogens with zero attached hydrogens (tertiary/aromatic N) is 1. The molecule has 1 heterocycles. The Balaban J connectivity index is 1.56. The Hall–Kier alpha value is -2.77. The average molecular weight is 429 g/mol. The maximum absolute atomic E-state index is 12.1. The Kier molecular flexibility index (Phi) is 5.93. The van der Waals surface area contributed by atoms with Crippen LogP contribution in [0, 0.1) is 0 Å². The maximum Gasteiger partial charge on any atom is 0.343 e. The first kappa shape index (κ1) is 18.0. The SMILES string of the molecule is O=C(Oc1ccc(/C=N\NC(=O)c2cccs2)cc1)c1ccc(Br)cc1. The molecule has 0 saturated heterocycles. The fourth-order valence-corrected chi connectivity index (χ4v) is 2.88. The number of ether oxygens (including phenoxy) is 1. The molecule has 0 saturated carbocycles. The van der Waals surface area contributed by atoms with Crippen LogP contribution in [0.1, 0.15) is 25.6 Å². The summed E-state index contributed by atoms with van der Waals surface area (Å²) in [4.78, 5) is 24.4. The predicted molar refractivity (Wildman–Crippen MR) is 105 cm³/mol. The summed E-state index contributed by atoms with van der Waals surface area (Å²) in [6, 6.07) is 17.3. The number of benzene rings is 2. The highest BCUT2D eigenvalue weighted by molar-refractivity contribution is 9.10. The van der Waals surface area contributed by atoms with Gasteiger partial charge in [-0.1, -0.05) is 22.0 Å². The third-order valence-electron chi connectivity index (χ3n) is 3.30. The van der Waals surface area contributed by atoms with E-state index < -0.39 is 5.97 Å². The summed E-state index contributed by atoms with van der Waals surface area (Å²) >= 11 is 4.67. The topological polar surface area (TPSA) is 67.8 Å². The second-order valence-corrected chi connectivity index (χ2v) is 7.01. The number of hydrogen-bond donors (Lipinski definition) is 1. The van der Waals surface area contributed by atoms with Crippen LogP contribution < -0.4 is 10.2 Å². The van der Waals surface area contributed by atoms with Gasteiger partial charge in [0.1, 0.15) is 5.75 Å². The number of hydrazone groups is 1. The van der Waals surface area contributed by atoms with Crippen molar-refractivity contribution in [1.29, 1.82) is 0 Å². The first-order valence-corrected chi connectivity index (χ1v) is 9.24. The van der Waals surface area contributed by atoms with Gasteiger partial charge in [0, 0.05) is 4.47 Å². The van der Waals surface area contributed by atoms with E-state index in [9.17, 15) is 9.59 Å². The molecule has 3 rings (SSSR count). The van der Waals surface area contributed by atoms with E-state index in [1.165, 1.54) is 17.6 Å². The van der Waals surface area contributed by atoms with Crippen LogP contribution in [0.4, 0.5) is 0 Å². The van der Waals surface area contributed by atoms with E-state index in [0.717, 1.165) is 10.0 Å². The summed E-state index contributed by atoms with van der Waals surface area (Å²) in [5.74, 6) is -0.254. The summed E-state index contributed by atoms with van der Waals surface area (Å²) in [7, 11) is 0. The average Bonchev–Trinajstić information content (AvgIpc) is 3.18. The predicted octanol–water partition coefficient (Wildman–Crippen LogP) is 4.49. The van der Waals surface area contributed by atoms with Crippen molar-refractivity contribution in [1.82, 2.24) is 5.43 Å². The Morgan fingerprint density at radius 3 is 2.42 bits per heavy atom. The number of rotatable bonds is 5. The number of carbonyl (C=O) groups excluding carboxylic acids is 2. The molecule has 0 aliphatic carbocycles. The van der Waals surface area contributed by atoms with Gasteiger partial charge in [-0.3, -0.25) is 4.79 Å². The molecular weight excluding hydrogens is 416 g/mol. The smallest absolute Gasteiger partial charge is 0.343 e. The Labute approximate surface area is 162 Å². The molecule has 130 valence electrons. The molecule has 0 unspecified atom stereocenters. The van der Waals surface area contributed by atoms with E-state index in [4.69, 9.17) is 4.74 Å². The van der Waals surface area contributed by atoms with E-state index in [2.05, 4.69) is 26.5 Å². The normalized spacial score (nSPS) is 10.7. The van der Waals surface area contributed by atoms with Gasteiger partial charge in [0.15, 0.2) is 0 Å². The van der Waals surface area contributed by atoms with Crippen molar-refractivity contribution in [3.8, 4) is 5.75 Å². The minimum absolute atomic E-state index is 0.253. The lowest BCUT2D eigenvalue weighted by molar-refractivity contribution is 0.0734. The van der Waals surface area contributed by atoms with Crippen LogP contribution in [0.5, 0.6) is 5.75 Å². The van der Waals surface area contributed by atoms with Crippen molar-refractivity contribution in [2.45, 2.75) is 0 Å². The number of esters is 1. The summed E-state index contributed by atoms with van der Waals surface area (Å²) in [5.41, 5.74) is 3.69. The largest absolute Gasteiger partial charge is 0.423 e. The molecule has 0 aliphatic rings. The van der Waals surface area contributed by atoms with Gasteiger partial charge in [0.2, 0.25) is 0 Å². The zero-order chi connectivity index (χ0) is 18.4. The summed E-state index contributed by atoms with van der Waals surface area (Å²) in [6.45, 7) is 0. The molecule has 0 radical (unpaired) electrons. The number of hydrogen-bond acceptors (Lipinski definition) is 5. The molecule has 1 aromatic heterocycles. The van der Waals surface area contributed by atoms with Gasteiger partial charge in [-0.15, -0.1) is 11.3 Å². The molecule has 2 aromatic carbocycles. The molecule has 26 heavy (non-hydrogen) atoms. The molecule has 7 heteroatoms. The number of nitrogens with one attached hydrogen (secondary N) is 1. The lowest BCUT2D eigenvalue weighted by atomic mass is 10.2. The minimum Gasteiger partial charge on any atom is -0.423 e. The van der Waals surface area contributed by atoms with E-state index in [1.54, 1.807) is 60.7 Å². The summed E-state index contributed by atoms with van der Waals surface area (Å²) in [5, 5.41) is 5.74. The molecule has 0 fully saturated rings. The van der Waals surface area contributed by atoms with E-state index in [-0.39, 0.29) is 5.91 Å². The van der Waals surface area contributed by atoms with Crippen LogP contribution in [0.2, 0.25) is 0 Å². The van der Waals surface area contributed by atoms with Gasteiger partial charge in [-0.25, -0.2) is 10.2 Å². The summed E-state index contributed by atoms with van der Waals surface area (Å²) < 4.78 is 6.21. The van der Waals surface area contributed by atoms with Crippen LogP contribution in [0.25, 0.3) is 0 Å². The standard InChI is InChI=1S/C19H13BrN2O3S/c20-15-7-5-14(6-8-15)19(24)25-16-9-3-13(4-10-16)12-21-22-18(23)17-2-1-11-26-17/h1-12H,(H,22,23)/b21-12-. The second kappa shape index (κ2) is 8.55. The van der Waals surface area contributed by atoms with Gasteiger partial charge >= 0.3 is 5.97 Å². The molecule has 0 atom stereocenters. The first-order valence-electron chi connectivity index (χ1n) is 7.56. The number of amides is 1. The number of carbonyl (C=O) groups is 2. The lowest BCUT2D eigenvalue weighted by Gasteiger charge is -2.04. The first-order chi connectivity index (χ1) is 12.6. The zero-order valence-electron chi connectivity index (χ0n) is 13.4. The zero-order valence-corrected chi connectivity index (χ0v) is 15.8. The van der Waals surface area contributed by atoms with Crippen LogP contribution in [-0.4, -0.2) is 18.1 Å². The second-order valence-electron chi connectivity index (χ2n) is 5.14. The van der Waals surface area contributed by atoms with E-state index >= 15 is 0 Å². The molecule has 3 aromatic rings. The van der Waals surface area contributed by atoms with E-state index in [0.29, 0.717) is 16.2 Å². The van der Waals surface area contributed by atoms with Crippen molar-refractivity contribution < 1.29 is 14.3 Å². The highest BCUT2D eigenvalue weighted by Crippen LogP contribution is 2.15. The van der Waals surface area contributed by atoms with Gasteiger partial charge < -0.3 is 4.74 Å². The molecule has 0 aliphatic heterocycles. The van der Waals surface area contributed by atoms with Gasteiger partial charge in [-0.2, -0.15) is 5.10 Å². The minimum atomic E-state index is -0.429. The molecule has 5 nitrogen and oxygen atoms in total. The van der Waals surface area contributed by atoms with Crippen LogP contribution in [0.15, 0.2) is 75.6 Å². The van der Waals surface area contributed by atoms with Crippen molar-refractivity contribution in [2.24, 2.45) is 5.10 Å². The molecule has 1 N–H and O–H groups in total. The highest BCUT2D eigenvalue weighted by atomic mass is 79.9. The maximum atomic E-state index is 12.1. The summed E-state index contributed by atoms with van der Waals surface area (Å²) in [6.07, 6.45) is 1.52. The van der Waals surface area contributed by atoms with Gasteiger partial charge in [0.25, 0.3) is 5.91 Å². The van der Waals surface area contributed by atoms with Gasteiger partial charge in [0.05, 0.1) is 16.7 Å². The fraction of sp³-hybridized carbons (Fsp3) is 0. The number of thiophene rings is 1. The third-order valence-corrected chi connectivity index (χ3v) is 4.69. The Morgan fingerprint density at radius 2 is 1.77 bits per heavy atom. The Bertz CT molecular complexity index is 920. The number of halogens is 1. The lowest BCUT2D eigenvalue weighted by Crippen LogP contribution is -2.16. The molecule has 0 spiro atoms. The van der Waals surface area contributed by atoms with Crippen LogP contribution >= 0.6 is 27.3 Å². The van der Waals surface area contributed by atoms with Crippen molar-refractivity contribution in [3.05, 3.63) is 86.5 Å². The van der Waals surface area contributed by atoms with Crippen molar-refractivity contribution >= 4 is 45.4 Å². The third kappa shape index (κ3) is 4.87. The quantitative estimate of drug-likeness (QED) is 0.281. The van der Waals surface area contributed by atoms with Crippen molar-refractivity contribution in [2.75, 3.05) is 0 Å². The monoisotopic (exact) mass is 428 g/mol. The van der Waals surface area contributed by atoms with Crippen LogP contribution in [-0.2, 0) is 0 Å². The molecule has 1 amide bonds.